The van der Waals surface area contributed by atoms with Crippen molar-refractivity contribution in [2.45, 2.75) is 43.2 Å². The van der Waals surface area contributed by atoms with Gasteiger partial charge in [-0.3, -0.25) is 19.0 Å². The van der Waals surface area contributed by atoms with E-state index in [1.54, 1.807) is 11.8 Å². The number of thiazole rings is 1. The van der Waals surface area contributed by atoms with E-state index in [0.717, 1.165) is 35.7 Å². The van der Waals surface area contributed by atoms with Crippen LogP contribution in [0.25, 0.3) is 10.3 Å². The van der Waals surface area contributed by atoms with Gasteiger partial charge < -0.3 is 15.5 Å². The molecule has 0 radical (unpaired) electrons. The third-order valence-corrected chi connectivity index (χ3v) is 7.92. The fourth-order valence-corrected chi connectivity index (χ4v) is 5.50. The summed E-state index contributed by atoms with van der Waals surface area (Å²) < 4.78 is 1.75. The van der Waals surface area contributed by atoms with Gasteiger partial charge in [0.25, 0.3) is 5.56 Å². The minimum atomic E-state index is -0.294. The molecule has 0 bridgehead atoms. The summed E-state index contributed by atoms with van der Waals surface area (Å²) in [7, 11) is 0. The fraction of sp³-hybridized carbons (Fsp3) is 0.435. The third-order valence-electron chi connectivity index (χ3n) is 6.10. The van der Waals surface area contributed by atoms with Gasteiger partial charge in [0.15, 0.2) is 10.8 Å². The number of nitrogens with zero attached hydrogens (tertiary/aromatic N) is 4. The summed E-state index contributed by atoms with van der Waals surface area (Å²) in [6, 6.07) is 7.93. The highest BCUT2D eigenvalue weighted by Gasteiger charge is 2.30. The van der Waals surface area contributed by atoms with Gasteiger partial charge in [0.05, 0.1) is 0 Å². The van der Waals surface area contributed by atoms with Gasteiger partial charge in [-0.1, -0.05) is 17.4 Å². The van der Waals surface area contributed by atoms with Crippen LogP contribution in [0.4, 0.5) is 10.8 Å². The third kappa shape index (κ3) is 5.10. The minimum absolute atomic E-state index is 0.0386. The summed E-state index contributed by atoms with van der Waals surface area (Å²) in [4.78, 5) is 49.9. The van der Waals surface area contributed by atoms with Crippen molar-refractivity contribution in [3.63, 3.8) is 0 Å². The van der Waals surface area contributed by atoms with Crippen LogP contribution in [0.1, 0.15) is 25.7 Å². The number of aromatic nitrogens is 3. The molecule has 2 amide bonds. The number of benzene rings is 1. The largest absolute Gasteiger partial charge is 0.353 e. The Bertz CT molecular complexity index is 1280. The van der Waals surface area contributed by atoms with E-state index >= 15 is 0 Å². The Balaban J connectivity index is 1.24. The van der Waals surface area contributed by atoms with Crippen molar-refractivity contribution in [2.75, 3.05) is 29.6 Å². The number of amides is 2. The van der Waals surface area contributed by atoms with E-state index in [1.807, 2.05) is 30.5 Å². The summed E-state index contributed by atoms with van der Waals surface area (Å²) in [6.45, 7) is 1.31. The molecule has 11 heteroatoms. The minimum Gasteiger partial charge on any atom is -0.353 e. The van der Waals surface area contributed by atoms with E-state index in [1.165, 1.54) is 22.2 Å². The van der Waals surface area contributed by atoms with E-state index in [-0.39, 0.29) is 29.8 Å². The average molecular weight is 499 g/mol. The molecule has 0 atom stereocenters. The van der Waals surface area contributed by atoms with Crippen molar-refractivity contribution < 1.29 is 9.59 Å². The van der Waals surface area contributed by atoms with Gasteiger partial charge >= 0.3 is 0 Å². The molecule has 1 aliphatic carbocycles. The van der Waals surface area contributed by atoms with Crippen LogP contribution in [0, 0.1) is 5.92 Å². The first-order chi connectivity index (χ1) is 16.5. The van der Waals surface area contributed by atoms with Crippen LogP contribution in [-0.4, -0.2) is 51.7 Å². The quantitative estimate of drug-likeness (QED) is 0.482. The van der Waals surface area contributed by atoms with Crippen LogP contribution in [0.15, 0.2) is 40.3 Å². The molecule has 9 nitrogen and oxygen atoms in total. The first-order valence-electron chi connectivity index (χ1n) is 11.4. The number of fused-ring (bicyclic) bond motifs is 1. The van der Waals surface area contributed by atoms with Crippen LogP contribution in [-0.2, 0) is 16.1 Å². The van der Waals surface area contributed by atoms with Crippen LogP contribution < -0.4 is 21.1 Å². The van der Waals surface area contributed by atoms with E-state index in [9.17, 15) is 14.4 Å². The summed E-state index contributed by atoms with van der Waals surface area (Å²) in [5.41, 5.74) is 0.802. The molecular formula is C23H26N6O3S2. The van der Waals surface area contributed by atoms with Crippen molar-refractivity contribution in [3.05, 3.63) is 40.9 Å². The molecule has 0 unspecified atom stereocenters. The molecule has 5 rings (SSSR count). The Kier molecular flexibility index (Phi) is 6.55. The molecule has 0 spiro atoms. The Morgan fingerprint density at radius 2 is 2.00 bits per heavy atom. The number of carbonyl (C=O) groups excluding carboxylic acids is 2. The molecule has 2 aromatic heterocycles. The van der Waals surface area contributed by atoms with E-state index in [2.05, 4.69) is 25.5 Å². The first-order valence-corrected chi connectivity index (χ1v) is 13.4. The number of piperidine rings is 1. The highest BCUT2D eigenvalue weighted by molar-refractivity contribution is 7.98. The Hall–Kier alpha value is -2.92. The standard InChI is InChI=1S/C23H26N6O3S2/c1-33-17-4-2-3-16(11-17)25-18(30)12-29-13-24-20-19(22(29)32)34-23(27-20)28-9-7-14(8-10-28)21(31)26-15-5-6-15/h2-4,11,13-15H,5-10,12H2,1H3,(H,25,30)(H,26,31). The van der Waals surface area contributed by atoms with Gasteiger partial charge in [-0.15, -0.1) is 11.8 Å². The normalized spacial score (nSPS) is 16.6. The van der Waals surface area contributed by atoms with Crippen molar-refractivity contribution in [2.24, 2.45) is 5.92 Å². The van der Waals surface area contributed by atoms with Gasteiger partial charge in [-0.2, -0.15) is 4.98 Å². The lowest BCUT2D eigenvalue weighted by Crippen LogP contribution is -2.41. The highest BCUT2D eigenvalue weighted by Crippen LogP contribution is 2.30. The number of hydrogen-bond acceptors (Lipinski definition) is 8. The number of nitrogens with one attached hydrogen (secondary N) is 2. The monoisotopic (exact) mass is 498 g/mol. The molecule has 34 heavy (non-hydrogen) atoms. The summed E-state index contributed by atoms with van der Waals surface area (Å²) in [6.07, 6.45) is 7.06. The molecule has 2 N–H and O–H groups in total. The van der Waals surface area contributed by atoms with Gasteiger partial charge in [-0.25, -0.2) is 4.98 Å². The zero-order valence-electron chi connectivity index (χ0n) is 18.8. The number of thioether (sulfide) groups is 1. The molecule has 2 fully saturated rings. The number of anilines is 2. The molecule has 3 heterocycles. The lowest BCUT2D eigenvalue weighted by Gasteiger charge is -2.30. The second-order valence-electron chi connectivity index (χ2n) is 8.65. The topological polar surface area (TPSA) is 109 Å². The molecule has 1 aliphatic heterocycles. The van der Waals surface area contributed by atoms with E-state index in [4.69, 9.17) is 0 Å². The summed E-state index contributed by atoms with van der Waals surface area (Å²) >= 11 is 2.89. The SMILES string of the molecule is CSc1cccc(NC(=O)Cn2cnc3nc(N4CCC(C(=O)NC5CC5)CC4)sc3c2=O)c1. The Morgan fingerprint density at radius 3 is 2.74 bits per heavy atom. The van der Waals surface area contributed by atoms with Gasteiger partial charge in [-0.05, 0) is 50.1 Å². The average Bonchev–Trinajstić information content (AvgIpc) is 3.55. The Morgan fingerprint density at radius 1 is 1.21 bits per heavy atom. The molecule has 1 aromatic carbocycles. The molecule has 1 saturated carbocycles. The van der Waals surface area contributed by atoms with E-state index in [0.29, 0.717) is 35.2 Å². The zero-order chi connectivity index (χ0) is 23.7. The van der Waals surface area contributed by atoms with Crippen molar-refractivity contribution in [1.29, 1.82) is 0 Å². The highest BCUT2D eigenvalue weighted by atomic mass is 32.2. The maximum Gasteiger partial charge on any atom is 0.273 e. The molecule has 178 valence electrons. The molecule has 1 saturated heterocycles. The summed E-state index contributed by atoms with van der Waals surface area (Å²) in [5.74, 6) is -0.0936. The smallest absolute Gasteiger partial charge is 0.273 e. The van der Waals surface area contributed by atoms with E-state index < -0.39 is 0 Å². The van der Waals surface area contributed by atoms with Gasteiger partial charge in [0, 0.05) is 35.6 Å². The zero-order valence-corrected chi connectivity index (χ0v) is 20.5. The number of carbonyl (C=O) groups is 2. The second-order valence-corrected chi connectivity index (χ2v) is 10.5. The van der Waals surface area contributed by atoms with Crippen molar-refractivity contribution >= 4 is 56.1 Å². The van der Waals surface area contributed by atoms with Crippen molar-refractivity contribution in [3.8, 4) is 0 Å². The fourth-order valence-electron chi connectivity index (χ4n) is 4.02. The lowest BCUT2D eigenvalue weighted by molar-refractivity contribution is -0.125. The van der Waals surface area contributed by atoms with Crippen LogP contribution in [0.3, 0.4) is 0 Å². The maximum absolute atomic E-state index is 13.0. The first kappa shape index (κ1) is 22.9. The van der Waals surface area contributed by atoms with Gasteiger partial charge in [0.2, 0.25) is 11.8 Å². The predicted octanol–water partition coefficient (Wildman–Crippen LogP) is 2.71. The number of hydrogen-bond donors (Lipinski definition) is 2. The second kappa shape index (κ2) is 9.75. The predicted molar refractivity (Wildman–Crippen MR) is 135 cm³/mol. The number of rotatable bonds is 7. The Labute approximate surface area is 205 Å². The van der Waals surface area contributed by atoms with Crippen molar-refractivity contribution in [1.82, 2.24) is 19.9 Å². The van der Waals surface area contributed by atoms with Crippen LogP contribution in [0.2, 0.25) is 0 Å². The molecule has 3 aromatic rings. The molecule has 2 aliphatic rings. The molecular weight excluding hydrogens is 472 g/mol. The van der Waals surface area contributed by atoms with Crippen LogP contribution >= 0.6 is 23.1 Å². The lowest BCUT2D eigenvalue weighted by atomic mass is 9.96. The van der Waals surface area contributed by atoms with Gasteiger partial charge in [0.1, 0.15) is 17.6 Å². The summed E-state index contributed by atoms with van der Waals surface area (Å²) in [5, 5.41) is 6.66. The van der Waals surface area contributed by atoms with Crippen LogP contribution in [0.5, 0.6) is 0 Å². The maximum atomic E-state index is 13.0.